The molecule has 0 saturated heterocycles. The van der Waals surface area contributed by atoms with Gasteiger partial charge >= 0.3 is 0 Å². The molecule has 1 aliphatic carbocycles. The predicted octanol–water partition coefficient (Wildman–Crippen LogP) is 12.8. The highest BCUT2D eigenvalue weighted by Crippen LogP contribution is 2.57. The summed E-state index contributed by atoms with van der Waals surface area (Å²) in [6.07, 6.45) is 1.82. The molecule has 0 saturated carbocycles. The third-order valence-electron chi connectivity index (χ3n) is 11.4. The fourth-order valence-corrected chi connectivity index (χ4v) is 10.4. The Hall–Kier alpha value is -5.84. The largest absolute Gasteiger partial charge is 0.301 e. The van der Waals surface area contributed by atoms with Gasteiger partial charge in [-0.05, 0) is 111 Å². The first-order valence-corrected chi connectivity index (χ1v) is 18.7. The van der Waals surface area contributed by atoms with E-state index in [9.17, 15) is 9.59 Å². The van der Waals surface area contributed by atoms with Crippen LogP contribution < -0.4 is 4.90 Å². The summed E-state index contributed by atoms with van der Waals surface area (Å²) in [6.45, 7) is 11.2. The van der Waals surface area contributed by atoms with Crippen molar-refractivity contribution in [3.05, 3.63) is 165 Å². The molecule has 0 radical (unpaired) electrons. The summed E-state index contributed by atoms with van der Waals surface area (Å²) in [5.41, 5.74) is 11.8. The number of hydrogen-bond donors (Lipinski definition) is 0. The molecule has 1 aromatic heterocycles. The van der Waals surface area contributed by atoms with Crippen molar-refractivity contribution < 1.29 is 9.59 Å². The van der Waals surface area contributed by atoms with E-state index in [1.807, 2.05) is 18.2 Å². The van der Waals surface area contributed by atoms with Crippen LogP contribution in [0.5, 0.6) is 0 Å². The van der Waals surface area contributed by atoms with E-state index in [4.69, 9.17) is 0 Å². The number of carbonyl (C=O) groups is 2. The van der Waals surface area contributed by atoms with Gasteiger partial charge in [0.1, 0.15) is 5.00 Å². The van der Waals surface area contributed by atoms with Crippen molar-refractivity contribution in [2.75, 3.05) is 4.90 Å². The third-order valence-corrected chi connectivity index (χ3v) is 12.5. The Morgan fingerprint density at radius 2 is 1.23 bits per heavy atom. The summed E-state index contributed by atoms with van der Waals surface area (Å²) in [6, 6.07) is 40.9. The Morgan fingerprint density at radius 3 is 1.92 bits per heavy atom. The molecule has 52 heavy (non-hydrogen) atoms. The van der Waals surface area contributed by atoms with Crippen LogP contribution in [0.25, 0.3) is 49.5 Å². The van der Waals surface area contributed by atoms with Gasteiger partial charge in [-0.15, -0.1) is 11.3 Å². The predicted molar refractivity (Wildman–Crippen MR) is 218 cm³/mol. The van der Waals surface area contributed by atoms with E-state index in [1.165, 1.54) is 71.3 Å². The molecule has 0 N–H and O–H groups in total. The first-order valence-electron chi connectivity index (χ1n) is 17.8. The molecule has 8 aromatic rings. The maximum absolute atomic E-state index is 13.5. The van der Waals surface area contributed by atoms with Crippen LogP contribution >= 0.6 is 11.3 Å². The molecule has 3 nitrogen and oxygen atoms in total. The third kappa shape index (κ3) is 4.25. The summed E-state index contributed by atoms with van der Waals surface area (Å²) < 4.78 is 0. The van der Waals surface area contributed by atoms with E-state index in [1.54, 1.807) is 23.5 Å². The van der Waals surface area contributed by atoms with Crippen molar-refractivity contribution in [3.8, 4) is 11.1 Å². The van der Waals surface area contributed by atoms with Gasteiger partial charge in [-0.25, -0.2) is 0 Å². The molecule has 2 aliphatic rings. The number of Topliss-reactive ketones (excluding diaryl/α,β-unsaturated/α-hetero) is 2. The van der Waals surface area contributed by atoms with Gasteiger partial charge in [0.25, 0.3) is 0 Å². The summed E-state index contributed by atoms with van der Waals surface area (Å²) in [4.78, 5) is 30.3. The van der Waals surface area contributed by atoms with Gasteiger partial charge in [0.05, 0.1) is 16.9 Å². The van der Waals surface area contributed by atoms with Crippen LogP contribution in [0.2, 0.25) is 0 Å². The normalized spacial score (nSPS) is 14.8. The van der Waals surface area contributed by atoms with Crippen LogP contribution in [0.4, 0.5) is 16.4 Å². The van der Waals surface area contributed by atoms with Crippen LogP contribution in [0, 0.1) is 20.8 Å². The van der Waals surface area contributed by atoms with Crippen molar-refractivity contribution >= 4 is 77.7 Å². The first-order chi connectivity index (χ1) is 25.1. The Morgan fingerprint density at radius 1 is 0.615 bits per heavy atom. The molecule has 250 valence electrons. The highest BCUT2D eigenvalue weighted by Gasteiger charge is 2.40. The maximum Gasteiger partial charge on any atom is 0.197 e. The Bertz CT molecular complexity index is 2830. The van der Waals surface area contributed by atoms with E-state index in [0.29, 0.717) is 11.1 Å². The number of allylic oxidation sites excluding steroid dienone is 1. The molecule has 1 aliphatic heterocycles. The van der Waals surface area contributed by atoms with E-state index in [0.717, 1.165) is 21.3 Å². The second-order valence-corrected chi connectivity index (χ2v) is 16.1. The van der Waals surface area contributed by atoms with E-state index >= 15 is 0 Å². The smallest absolute Gasteiger partial charge is 0.197 e. The number of anilines is 3. The summed E-state index contributed by atoms with van der Waals surface area (Å²) in [5.74, 6) is -0.404. The number of benzene rings is 7. The number of ketones is 2. The molecule has 0 atom stereocenters. The molecular formula is C48H35NO2S. The van der Waals surface area contributed by atoms with Crippen LogP contribution in [-0.4, -0.2) is 11.6 Å². The number of thiophene rings is 1. The number of hydrogen-bond acceptors (Lipinski definition) is 4. The Kier molecular flexibility index (Phi) is 6.45. The van der Waals surface area contributed by atoms with E-state index in [-0.39, 0.29) is 22.6 Å². The van der Waals surface area contributed by atoms with Crippen molar-refractivity contribution in [1.29, 1.82) is 0 Å². The van der Waals surface area contributed by atoms with Crippen molar-refractivity contribution in [2.24, 2.45) is 0 Å². The number of carbonyl (C=O) groups excluding carboxylic acids is 2. The van der Waals surface area contributed by atoms with E-state index in [2.05, 4.69) is 131 Å². The number of fused-ring (bicyclic) bond motifs is 3. The number of aryl methyl sites for hydroxylation is 3. The van der Waals surface area contributed by atoms with Crippen LogP contribution in [0.1, 0.15) is 67.3 Å². The molecular weight excluding hydrogens is 655 g/mol. The minimum absolute atomic E-state index is 0.202. The zero-order valence-electron chi connectivity index (χ0n) is 29.7. The number of rotatable bonds is 3. The fourth-order valence-electron chi connectivity index (χ4n) is 9.06. The van der Waals surface area contributed by atoms with Gasteiger partial charge in [-0.3, -0.25) is 9.59 Å². The zero-order valence-corrected chi connectivity index (χ0v) is 30.5. The lowest BCUT2D eigenvalue weighted by Gasteiger charge is -2.40. The molecule has 0 bridgehead atoms. The molecule has 2 heterocycles. The highest BCUT2D eigenvalue weighted by molar-refractivity contribution is 7.17. The van der Waals surface area contributed by atoms with Gasteiger partial charge in [-0.2, -0.15) is 0 Å². The summed E-state index contributed by atoms with van der Waals surface area (Å²) in [7, 11) is 0. The van der Waals surface area contributed by atoms with Crippen LogP contribution in [0.3, 0.4) is 0 Å². The Labute approximate surface area is 306 Å². The summed E-state index contributed by atoms with van der Waals surface area (Å²) >= 11 is 1.65. The SMILES string of the molecule is Cc1cc(C)c(-c2ccc3c(c2)C(C)(C)c2cc(C=C4C(=O)c5ccccc5C4=O)sc2N3c2ccc3ccc4cccc5ccc2c3c45)c(C)c1. The molecule has 0 amide bonds. The standard InChI is InChI=1S/C48H35NO2S/c1-26-21-27(2)42(28(3)22-26)32-17-20-41-38(23-32)48(4,5)39-25-33(24-37-45(50)34-11-6-7-12-35(34)46(37)51)52-47(39)49(41)40-19-16-31-14-13-29-9-8-10-30-15-18-36(40)44(31)43(29)30/h6-25H,1-5H3. The fraction of sp³-hybridized carbons (Fsp3) is 0.125. The molecule has 0 spiro atoms. The quantitative estimate of drug-likeness (QED) is 0.105. The second kappa shape index (κ2) is 10.8. The maximum atomic E-state index is 13.5. The first kappa shape index (κ1) is 30.9. The zero-order chi connectivity index (χ0) is 35.6. The van der Waals surface area contributed by atoms with Crippen molar-refractivity contribution in [2.45, 2.75) is 40.0 Å². The number of nitrogens with zero attached hydrogens (tertiary/aromatic N) is 1. The topological polar surface area (TPSA) is 37.4 Å². The monoisotopic (exact) mass is 689 g/mol. The average molecular weight is 690 g/mol. The molecule has 4 heteroatoms. The molecule has 10 rings (SSSR count). The van der Waals surface area contributed by atoms with Gasteiger partial charge in [0.15, 0.2) is 11.6 Å². The molecule has 0 unspecified atom stereocenters. The van der Waals surface area contributed by atoms with Gasteiger partial charge in [-0.1, -0.05) is 110 Å². The highest BCUT2D eigenvalue weighted by atomic mass is 32.1. The van der Waals surface area contributed by atoms with Crippen LogP contribution in [-0.2, 0) is 5.41 Å². The molecule has 7 aromatic carbocycles. The minimum atomic E-state index is -0.368. The van der Waals surface area contributed by atoms with Crippen molar-refractivity contribution in [1.82, 2.24) is 0 Å². The lowest BCUT2D eigenvalue weighted by Crippen LogP contribution is -2.29. The van der Waals surface area contributed by atoms with E-state index < -0.39 is 0 Å². The van der Waals surface area contributed by atoms with Crippen LogP contribution in [0.15, 0.2) is 121 Å². The average Bonchev–Trinajstić information content (AvgIpc) is 3.67. The van der Waals surface area contributed by atoms with Crippen molar-refractivity contribution in [3.63, 3.8) is 0 Å². The minimum Gasteiger partial charge on any atom is -0.301 e. The molecule has 0 fully saturated rings. The van der Waals surface area contributed by atoms with Gasteiger partial charge in [0, 0.05) is 26.8 Å². The lowest BCUT2D eigenvalue weighted by molar-refractivity contribution is 0.0990. The summed E-state index contributed by atoms with van der Waals surface area (Å²) in [5, 5.41) is 8.53. The Balaban J connectivity index is 1.23. The lowest BCUT2D eigenvalue weighted by atomic mass is 9.74. The second-order valence-electron chi connectivity index (χ2n) is 15.0. The van der Waals surface area contributed by atoms with Gasteiger partial charge < -0.3 is 4.90 Å². The van der Waals surface area contributed by atoms with Gasteiger partial charge in [0.2, 0.25) is 0 Å².